The normalized spacial score (nSPS) is 9.50. The standard InChI is InChI=1S/C8H8N2O4/c1-14-8(13)4-2-10-3-5(9)6(4)7(11)12/h2-3H,9H2,1H3,(H,11,12). The highest BCUT2D eigenvalue weighted by Gasteiger charge is 2.20. The summed E-state index contributed by atoms with van der Waals surface area (Å²) in [5, 5.41) is 8.78. The highest BCUT2D eigenvalue weighted by Crippen LogP contribution is 2.15. The minimum atomic E-state index is -1.29. The third-order valence-corrected chi connectivity index (χ3v) is 1.59. The second kappa shape index (κ2) is 3.73. The molecule has 0 saturated heterocycles. The molecule has 14 heavy (non-hydrogen) atoms. The Balaban J connectivity index is 3.35. The summed E-state index contributed by atoms with van der Waals surface area (Å²) < 4.78 is 4.38. The minimum absolute atomic E-state index is 0.0691. The largest absolute Gasteiger partial charge is 0.478 e. The Morgan fingerprint density at radius 2 is 2.14 bits per heavy atom. The van der Waals surface area contributed by atoms with Gasteiger partial charge in [-0.25, -0.2) is 9.59 Å². The maximum Gasteiger partial charge on any atom is 0.340 e. The van der Waals surface area contributed by atoms with E-state index in [0.717, 1.165) is 19.5 Å². The van der Waals surface area contributed by atoms with Crippen molar-refractivity contribution in [1.29, 1.82) is 0 Å². The first-order valence-corrected chi connectivity index (χ1v) is 3.63. The number of nitrogen functional groups attached to an aromatic ring is 1. The highest BCUT2D eigenvalue weighted by molar-refractivity contribution is 6.05. The van der Waals surface area contributed by atoms with Gasteiger partial charge in [-0.05, 0) is 0 Å². The van der Waals surface area contributed by atoms with Crippen molar-refractivity contribution in [2.45, 2.75) is 0 Å². The zero-order valence-corrected chi connectivity index (χ0v) is 7.35. The number of aromatic nitrogens is 1. The molecular weight excluding hydrogens is 188 g/mol. The summed E-state index contributed by atoms with van der Waals surface area (Å²) in [7, 11) is 1.15. The molecule has 0 radical (unpaired) electrons. The van der Waals surface area contributed by atoms with E-state index < -0.39 is 11.9 Å². The smallest absolute Gasteiger partial charge is 0.340 e. The van der Waals surface area contributed by atoms with E-state index in [0.29, 0.717) is 0 Å². The Morgan fingerprint density at radius 1 is 1.50 bits per heavy atom. The first-order valence-electron chi connectivity index (χ1n) is 3.63. The molecule has 1 rings (SSSR count). The quantitative estimate of drug-likeness (QED) is 0.652. The average molecular weight is 196 g/mol. The predicted molar refractivity (Wildman–Crippen MR) is 46.9 cm³/mol. The fourth-order valence-electron chi connectivity index (χ4n) is 0.980. The molecule has 0 spiro atoms. The molecule has 3 N–H and O–H groups in total. The third kappa shape index (κ3) is 1.63. The maximum atomic E-state index is 11.1. The number of nitrogens with two attached hydrogens (primary N) is 1. The van der Waals surface area contributed by atoms with E-state index in [1.54, 1.807) is 0 Å². The summed E-state index contributed by atoms with van der Waals surface area (Å²) in [6.07, 6.45) is 2.27. The first kappa shape index (κ1) is 9.97. The van der Waals surface area contributed by atoms with E-state index in [1.807, 2.05) is 0 Å². The topological polar surface area (TPSA) is 103 Å². The third-order valence-electron chi connectivity index (χ3n) is 1.59. The molecule has 1 aromatic rings. The van der Waals surface area contributed by atoms with Gasteiger partial charge in [0.05, 0.1) is 30.1 Å². The Morgan fingerprint density at radius 3 is 2.64 bits per heavy atom. The van der Waals surface area contributed by atoms with Crippen LogP contribution in [-0.4, -0.2) is 29.1 Å². The molecule has 6 nitrogen and oxygen atoms in total. The van der Waals surface area contributed by atoms with Crippen LogP contribution in [0.25, 0.3) is 0 Å². The van der Waals surface area contributed by atoms with Crippen LogP contribution in [0.4, 0.5) is 5.69 Å². The van der Waals surface area contributed by atoms with Gasteiger partial charge in [0.15, 0.2) is 0 Å². The summed E-state index contributed by atoms with van der Waals surface area (Å²) in [6, 6.07) is 0. The van der Waals surface area contributed by atoms with Crippen LogP contribution in [-0.2, 0) is 4.74 Å². The molecule has 1 aromatic heterocycles. The molecule has 0 amide bonds. The monoisotopic (exact) mass is 196 g/mol. The minimum Gasteiger partial charge on any atom is -0.478 e. The lowest BCUT2D eigenvalue weighted by Crippen LogP contribution is -2.13. The fraction of sp³-hybridized carbons (Fsp3) is 0.125. The van der Waals surface area contributed by atoms with Crippen LogP contribution in [0, 0.1) is 0 Å². The van der Waals surface area contributed by atoms with Gasteiger partial charge in [-0.1, -0.05) is 0 Å². The van der Waals surface area contributed by atoms with Gasteiger partial charge >= 0.3 is 11.9 Å². The molecule has 0 unspecified atom stereocenters. The molecule has 0 fully saturated rings. The molecule has 0 aliphatic heterocycles. The molecule has 0 atom stereocenters. The second-order valence-corrected chi connectivity index (χ2v) is 2.45. The Bertz CT molecular complexity index is 389. The Hall–Kier alpha value is -2.11. The number of pyridine rings is 1. The van der Waals surface area contributed by atoms with Crippen molar-refractivity contribution in [2.75, 3.05) is 12.8 Å². The number of carboxylic acid groups (broad SMARTS) is 1. The average Bonchev–Trinajstić information content (AvgIpc) is 2.15. The lowest BCUT2D eigenvalue weighted by molar-refractivity contribution is 0.0582. The summed E-state index contributed by atoms with van der Waals surface area (Å²) in [5.74, 6) is -2.06. The van der Waals surface area contributed by atoms with Gasteiger partial charge in [-0.2, -0.15) is 0 Å². The molecule has 0 saturated carbocycles. The van der Waals surface area contributed by atoms with Gasteiger partial charge in [-0.3, -0.25) is 4.98 Å². The number of carboxylic acids is 1. The lowest BCUT2D eigenvalue weighted by atomic mass is 10.1. The van der Waals surface area contributed by atoms with Gasteiger partial charge in [0.1, 0.15) is 0 Å². The summed E-state index contributed by atoms with van der Waals surface area (Å²) >= 11 is 0. The number of nitrogens with zero attached hydrogens (tertiary/aromatic N) is 1. The molecule has 0 aliphatic carbocycles. The lowest BCUT2D eigenvalue weighted by Gasteiger charge is -2.05. The number of hydrogen-bond donors (Lipinski definition) is 2. The second-order valence-electron chi connectivity index (χ2n) is 2.45. The van der Waals surface area contributed by atoms with Crippen molar-refractivity contribution in [3.8, 4) is 0 Å². The van der Waals surface area contributed by atoms with Gasteiger partial charge in [0.25, 0.3) is 0 Å². The molecule has 1 heterocycles. The summed E-state index contributed by atoms with van der Waals surface area (Å²) in [6.45, 7) is 0. The van der Waals surface area contributed by atoms with E-state index in [4.69, 9.17) is 10.8 Å². The van der Waals surface area contributed by atoms with Crippen LogP contribution in [0.1, 0.15) is 20.7 Å². The highest BCUT2D eigenvalue weighted by atomic mass is 16.5. The van der Waals surface area contributed by atoms with E-state index in [9.17, 15) is 9.59 Å². The Kier molecular flexibility index (Phi) is 2.66. The number of ether oxygens (including phenoxy) is 1. The molecule has 74 valence electrons. The Labute approximate surface area is 79.3 Å². The van der Waals surface area contributed by atoms with Gasteiger partial charge in [0, 0.05) is 6.20 Å². The first-order chi connectivity index (χ1) is 6.57. The van der Waals surface area contributed by atoms with Gasteiger partial charge in [0.2, 0.25) is 0 Å². The van der Waals surface area contributed by atoms with Crippen molar-refractivity contribution in [3.05, 3.63) is 23.5 Å². The molecule has 6 heteroatoms. The molecule has 0 aromatic carbocycles. The number of anilines is 1. The molecule has 0 bridgehead atoms. The van der Waals surface area contributed by atoms with E-state index in [1.165, 1.54) is 0 Å². The van der Waals surface area contributed by atoms with Crippen LogP contribution >= 0.6 is 0 Å². The number of aromatic carboxylic acids is 1. The summed E-state index contributed by atoms with van der Waals surface area (Å²) in [4.78, 5) is 25.5. The van der Waals surface area contributed by atoms with E-state index in [2.05, 4.69) is 9.72 Å². The molecular formula is C8H8N2O4. The number of esters is 1. The van der Waals surface area contributed by atoms with Crippen molar-refractivity contribution in [2.24, 2.45) is 0 Å². The number of carbonyl (C=O) groups excluding carboxylic acids is 1. The van der Waals surface area contributed by atoms with Crippen molar-refractivity contribution in [1.82, 2.24) is 4.98 Å². The number of methoxy groups -OCH3 is 1. The summed E-state index contributed by atoms with van der Waals surface area (Å²) in [5.41, 5.74) is 4.86. The number of carbonyl (C=O) groups is 2. The van der Waals surface area contributed by atoms with Crippen molar-refractivity contribution >= 4 is 17.6 Å². The zero-order valence-electron chi connectivity index (χ0n) is 7.35. The van der Waals surface area contributed by atoms with E-state index in [-0.39, 0.29) is 16.8 Å². The van der Waals surface area contributed by atoms with Crippen molar-refractivity contribution in [3.63, 3.8) is 0 Å². The van der Waals surface area contributed by atoms with Gasteiger partial charge in [-0.15, -0.1) is 0 Å². The van der Waals surface area contributed by atoms with Crippen LogP contribution in [0.5, 0.6) is 0 Å². The maximum absolute atomic E-state index is 11.1. The van der Waals surface area contributed by atoms with Crippen LogP contribution in [0.2, 0.25) is 0 Å². The van der Waals surface area contributed by atoms with Crippen molar-refractivity contribution < 1.29 is 19.4 Å². The van der Waals surface area contributed by atoms with Crippen LogP contribution in [0.3, 0.4) is 0 Å². The predicted octanol–water partition coefficient (Wildman–Crippen LogP) is 0.149. The van der Waals surface area contributed by atoms with Gasteiger partial charge < -0.3 is 15.6 Å². The SMILES string of the molecule is COC(=O)c1cncc(N)c1C(=O)O. The number of rotatable bonds is 2. The number of hydrogen-bond acceptors (Lipinski definition) is 5. The zero-order chi connectivity index (χ0) is 10.7. The van der Waals surface area contributed by atoms with Crippen LogP contribution in [0.15, 0.2) is 12.4 Å². The molecule has 0 aliphatic rings. The fourth-order valence-corrected chi connectivity index (χ4v) is 0.980. The van der Waals surface area contributed by atoms with E-state index >= 15 is 0 Å². The van der Waals surface area contributed by atoms with Crippen LogP contribution < -0.4 is 5.73 Å².